The number of halogens is 6. The average molecular weight is 1520 g/mol. The van der Waals surface area contributed by atoms with Gasteiger partial charge in [0.05, 0.1) is 52.9 Å². The van der Waals surface area contributed by atoms with Gasteiger partial charge in [0.15, 0.2) is 11.2 Å². The predicted molar refractivity (Wildman–Crippen MR) is 398 cm³/mol. The highest BCUT2D eigenvalue weighted by Crippen LogP contribution is 2.57. The third kappa shape index (κ3) is 17.7. The normalized spacial score (nSPS) is 23.9. The minimum absolute atomic E-state index is 0.0225. The molecule has 3 saturated heterocycles. The van der Waals surface area contributed by atoms with Gasteiger partial charge in [0.1, 0.15) is 73.5 Å². The zero-order chi connectivity index (χ0) is 75.1. The Balaban J connectivity index is 1.00. The van der Waals surface area contributed by atoms with Crippen LogP contribution in [0.25, 0.3) is 0 Å². The van der Waals surface area contributed by atoms with Gasteiger partial charge in [0, 0.05) is 28.3 Å². The molecule has 10 aromatic rings. The highest BCUT2D eigenvalue weighted by molar-refractivity contribution is 6.31. The summed E-state index contributed by atoms with van der Waals surface area (Å²) in [5.41, 5.74) is 2.72. The highest BCUT2D eigenvalue weighted by Gasteiger charge is 2.76. The van der Waals surface area contributed by atoms with Crippen molar-refractivity contribution in [2.45, 2.75) is 137 Å². The van der Waals surface area contributed by atoms with Gasteiger partial charge < -0.3 is 72.2 Å². The van der Waals surface area contributed by atoms with Crippen molar-refractivity contribution >= 4 is 23.2 Å². The summed E-state index contributed by atoms with van der Waals surface area (Å²) in [7, 11) is 1.40. The molecule has 3 heterocycles. The van der Waals surface area contributed by atoms with Crippen LogP contribution in [0.1, 0.15) is 66.8 Å². The molecule has 3 fully saturated rings. The molecule has 0 aliphatic carbocycles. The fraction of sp³-hybridized carbons (Fsp3) is 0.310. The summed E-state index contributed by atoms with van der Waals surface area (Å²) in [5.74, 6) is -3.88. The van der Waals surface area contributed by atoms with Crippen LogP contribution in [0.15, 0.2) is 267 Å². The third-order valence-electron chi connectivity index (χ3n) is 19.9. The minimum atomic E-state index is -2.68. The molecule has 21 heteroatoms. The number of aliphatic hydroxyl groups excluding tert-OH is 3. The number of rotatable bonds is 35. The number of fused-ring (bicyclic) bond motifs is 2. The third-order valence-corrected chi connectivity index (χ3v) is 20.6. The van der Waals surface area contributed by atoms with E-state index >= 15 is 0 Å². The van der Waals surface area contributed by atoms with Crippen LogP contribution in [0.2, 0.25) is 10.0 Å². The molecule has 0 saturated carbocycles. The number of ether oxygens (including phenoxy) is 12. The lowest BCUT2D eigenvalue weighted by Crippen LogP contribution is -2.79. The van der Waals surface area contributed by atoms with Gasteiger partial charge in [0.25, 0.3) is 12.9 Å². The Bertz CT molecular complexity index is 4440. The van der Waals surface area contributed by atoms with E-state index in [-0.39, 0.29) is 69.5 Å². The maximum absolute atomic E-state index is 14.6. The number of alkyl halides is 4. The lowest BCUT2D eigenvalue weighted by molar-refractivity contribution is -0.434. The summed E-state index contributed by atoms with van der Waals surface area (Å²) in [6.45, 7) is -3.75. The molecule has 2 bridgehead atoms. The molecule has 3 N–H and O–H groups in total. The van der Waals surface area contributed by atoms with Crippen molar-refractivity contribution in [3.05, 3.63) is 344 Å². The predicted octanol–water partition coefficient (Wildman–Crippen LogP) is 15.9. The van der Waals surface area contributed by atoms with Crippen LogP contribution in [-0.4, -0.2) is 122 Å². The molecule has 564 valence electrons. The number of hydrogen-bond acceptors (Lipinski definition) is 15. The summed E-state index contributed by atoms with van der Waals surface area (Å²) >= 11 is 14.4. The van der Waals surface area contributed by atoms with Crippen molar-refractivity contribution in [1.82, 2.24) is 0 Å². The van der Waals surface area contributed by atoms with E-state index in [0.717, 1.165) is 38.9 Å². The summed E-state index contributed by atoms with van der Waals surface area (Å²) in [6, 6.07) is 80.1. The lowest BCUT2D eigenvalue weighted by atomic mass is 9.71. The second kappa shape index (κ2) is 36.0. The van der Waals surface area contributed by atoms with Gasteiger partial charge in [0.2, 0.25) is 11.6 Å². The summed E-state index contributed by atoms with van der Waals surface area (Å²) < 4.78 is 137. The molecule has 0 spiro atoms. The molecule has 3 unspecified atom stereocenters. The number of benzene rings is 10. The summed E-state index contributed by atoms with van der Waals surface area (Å²) in [5, 5.41) is 43.0. The number of methoxy groups -OCH3 is 1. The van der Waals surface area contributed by atoms with Gasteiger partial charge >= 0.3 is 0 Å². The maximum Gasteiger partial charge on any atom is 0.272 e. The molecule has 108 heavy (non-hydrogen) atoms. The lowest BCUT2D eigenvalue weighted by Gasteiger charge is -2.60. The van der Waals surface area contributed by atoms with Crippen LogP contribution in [0.4, 0.5) is 17.6 Å². The van der Waals surface area contributed by atoms with Gasteiger partial charge in [-0.15, -0.1) is 0 Å². The van der Waals surface area contributed by atoms with Gasteiger partial charge in [-0.25, -0.2) is 17.6 Å². The first-order valence-electron chi connectivity index (χ1n) is 35.7. The zero-order valence-corrected chi connectivity index (χ0v) is 60.7. The Morgan fingerprint density at radius 1 is 0.407 bits per heavy atom. The van der Waals surface area contributed by atoms with Crippen LogP contribution in [0, 0.1) is 0 Å². The van der Waals surface area contributed by atoms with Crippen LogP contribution < -0.4 is 9.47 Å². The van der Waals surface area contributed by atoms with Crippen molar-refractivity contribution in [1.29, 1.82) is 0 Å². The van der Waals surface area contributed by atoms with Gasteiger partial charge in [-0.3, -0.25) is 0 Å². The standard InChI is InChI=1S/C87H84Cl2F4O15/c1-97-86(68-36-42-72(88)66(46-68)44-58-32-38-70(39-33-58)98-54-74(90)91)82(104-52-64-28-16-6-17-29-64)76(100-48-60-20-8-2-9-21-60)80(102-50-62-24-12-4-13-25-62)84(56-94,107-86)78(95)79(96)85-57-106-87(108-85,69-37-43-73(89)67(47-69)45-59-34-40-71(41-35-59)99-55-75(92)93)83(105-53-65-30-18-7-19-31-65)77(101-49-61-22-10-3-11-23-61)81(85)103-51-63-26-14-5-15-27-63/h2-43,46-47,74-83,94-96H,44-45,48-57H2,1H3/t76-,77-,78?,79?,80+,81+,82+,83+,84?,85-,86-,87-/m0/s1. The molecule has 0 radical (unpaired) electrons. The van der Waals surface area contributed by atoms with E-state index in [4.69, 9.17) is 80.0 Å². The van der Waals surface area contributed by atoms with Crippen molar-refractivity contribution in [3.63, 3.8) is 0 Å². The fourth-order valence-corrected chi connectivity index (χ4v) is 14.8. The molecule has 3 aliphatic heterocycles. The van der Waals surface area contributed by atoms with E-state index in [1.165, 1.54) is 7.11 Å². The molecule has 12 atom stereocenters. The minimum Gasteiger partial charge on any atom is -0.488 e. The van der Waals surface area contributed by atoms with Crippen molar-refractivity contribution in [2.24, 2.45) is 0 Å². The molecule has 13 rings (SSSR count). The number of hydrogen-bond donors (Lipinski definition) is 3. The summed E-state index contributed by atoms with van der Waals surface area (Å²) in [4.78, 5) is 0. The van der Waals surface area contributed by atoms with Gasteiger partial charge in [-0.2, -0.15) is 0 Å². The van der Waals surface area contributed by atoms with Gasteiger partial charge in [-0.1, -0.05) is 242 Å². The Morgan fingerprint density at radius 3 is 1.17 bits per heavy atom. The first kappa shape index (κ1) is 77.7. The van der Waals surface area contributed by atoms with Crippen LogP contribution in [0.5, 0.6) is 11.5 Å². The maximum atomic E-state index is 14.6. The van der Waals surface area contributed by atoms with Crippen LogP contribution in [-0.2, 0) is 111 Å². The molecule has 10 aromatic carbocycles. The topological polar surface area (TPSA) is 171 Å². The molecule has 0 aromatic heterocycles. The average Bonchev–Trinajstić information content (AvgIpc) is 1.43. The highest BCUT2D eigenvalue weighted by atomic mass is 35.5. The van der Waals surface area contributed by atoms with Crippen LogP contribution >= 0.6 is 23.2 Å². The van der Waals surface area contributed by atoms with Gasteiger partial charge in [-0.05, 0) is 117 Å². The van der Waals surface area contributed by atoms with E-state index in [2.05, 4.69) is 0 Å². The first-order valence-corrected chi connectivity index (χ1v) is 36.4. The quantitative estimate of drug-likeness (QED) is 0.0320. The van der Waals surface area contributed by atoms with E-state index in [0.29, 0.717) is 32.3 Å². The van der Waals surface area contributed by atoms with E-state index in [1.54, 1.807) is 78.9 Å². The van der Waals surface area contributed by atoms with Crippen molar-refractivity contribution in [2.75, 3.05) is 33.5 Å². The SMILES string of the molecule is CO[C@@]1(c2ccc(Cl)c(Cc3ccc(OCC(F)F)cc3)c2)OC(CO)(C(O)C(O)[C@]23CO[C@@](c4ccc(Cl)c(Cc5ccc(OCC(F)F)cc5)c4)(O2)[C@H](OCc2ccccc2)[C@@H](OCc2ccccc2)[C@H]3OCc2ccccc2)[C@H](OCc2ccccc2)[C@H](OCc2ccccc2)[C@H]1OCc1ccccc1. The fourth-order valence-electron chi connectivity index (χ4n) is 14.5. The van der Waals surface area contributed by atoms with Crippen LogP contribution in [0.3, 0.4) is 0 Å². The van der Waals surface area contributed by atoms with E-state index < -0.39 is 111 Å². The smallest absolute Gasteiger partial charge is 0.272 e. The second-order valence-corrected chi connectivity index (χ2v) is 27.9. The Kier molecular flexibility index (Phi) is 25.9. The number of aliphatic hydroxyl groups is 3. The molecule has 15 nitrogen and oxygen atoms in total. The first-order chi connectivity index (χ1) is 52.6. The van der Waals surface area contributed by atoms with Crippen molar-refractivity contribution < 1.29 is 89.7 Å². The zero-order valence-electron chi connectivity index (χ0n) is 59.2. The van der Waals surface area contributed by atoms with E-state index in [1.807, 2.05) is 188 Å². The largest absolute Gasteiger partial charge is 0.488 e. The Hall–Kier alpha value is -8.42. The molecular weight excluding hydrogens is 1430 g/mol. The molecule has 3 aliphatic rings. The monoisotopic (exact) mass is 1510 g/mol. The summed E-state index contributed by atoms with van der Waals surface area (Å²) in [6.07, 6.45) is -18.1. The second-order valence-electron chi connectivity index (χ2n) is 27.0. The van der Waals surface area contributed by atoms with E-state index in [9.17, 15) is 32.9 Å². The Labute approximate surface area is 635 Å². The molecular formula is C87H84Cl2F4O15. The Morgan fingerprint density at radius 2 is 0.769 bits per heavy atom. The molecule has 0 amide bonds. The van der Waals surface area contributed by atoms with Crippen molar-refractivity contribution in [3.8, 4) is 11.5 Å².